The van der Waals surface area contributed by atoms with E-state index in [0.717, 1.165) is 11.6 Å². The van der Waals surface area contributed by atoms with E-state index in [1.54, 1.807) is 20.8 Å². The largest absolute Gasteiger partial charge is 0.361 e. The first kappa shape index (κ1) is 17.1. The Hall–Kier alpha value is -2.24. The molecule has 0 aliphatic rings. The van der Waals surface area contributed by atoms with Crippen molar-refractivity contribution in [3.8, 4) is 0 Å². The van der Waals surface area contributed by atoms with Crippen LogP contribution in [0.5, 0.6) is 0 Å². The van der Waals surface area contributed by atoms with Gasteiger partial charge < -0.3 is 9.84 Å². The predicted octanol–water partition coefficient (Wildman–Crippen LogP) is 3.94. The van der Waals surface area contributed by atoms with Gasteiger partial charge in [-0.15, -0.1) is 0 Å². The summed E-state index contributed by atoms with van der Waals surface area (Å²) in [6, 6.07) is 2.75. The number of aromatic nitrogens is 1. The van der Waals surface area contributed by atoms with Gasteiger partial charge in [-0.05, 0) is 33.3 Å². The Labute approximate surface area is 133 Å². The topological polar surface area (TPSA) is 55.1 Å². The fraction of sp³-hybridized carbons (Fsp3) is 0.412. The summed E-state index contributed by atoms with van der Waals surface area (Å²) in [4.78, 5) is 12.6. The van der Waals surface area contributed by atoms with E-state index < -0.39 is 23.6 Å². The lowest BCUT2D eigenvalue weighted by Gasteiger charge is -2.20. The van der Waals surface area contributed by atoms with Crippen LogP contribution in [0.25, 0.3) is 0 Å². The number of carbonyl (C=O) groups excluding carboxylic acids is 1. The standard InChI is InChI=1S/C17H20F2N2O2/c1-5-13(16-10(3)21-23-11(16)4)17(22)20-9(2)14-7-6-12(18)8-15(14)19/h6-9,13H,5H2,1-4H3,(H,20,22)/t9-,13+/m0/s1. The minimum atomic E-state index is -0.678. The lowest BCUT2D eigenvalue weighted by atomic mass is 9.93. The molecule has 0 fully saturated rings. The Morgan fingerprint density at radius 3 is 2.57 bits per heavy atom. The Morgan fingerprint density at radius 1 is 1.35 bits per heavy atom. The second-order valence-electron chi connectivity index (χ2n) is 5.59. The highest BCUT2D eigenvalue weighted by Crippen LogP contribution is 2.27. The fourth-order valence-corrected chi connectivity index (χ4v) is 2.75. The molecular weight excluding hydrogens is 302 g/mol. The van der Waals surface area contributed by atoms with Crippen LogP contribution in [0.1, 0.15) is 54.8 Å². The zero-order chi connectivity index (χ0) is 17.1. The van der Waals surface area contributed by atoms with E-state index in [4.69, 9.17) is 4.52 Å². The van der Waals surface area contributed by atoms with Crippen LogP contribution >= 0.6 is 0 Å². The minimum absolute atomic E-state index is 0.238. The van der Waals surface area contributed by atoms with Gasteiger partial charge in [-0.25, -0.2) is 8.78 Å². The Bertz CT molecular complexity index is 693. The molecule has 1 aromatic heterocycles. The van der Waals surface area contributed by atoms with Crippen LogP contribution in [0.4, 0.5) is 8.78 Å². The van der Waals surface area contributed by atoms with Crippen LogP contribution in [-0.4, -0.2) is 11.1 Å². The first-order chi connectivity index (χ1) is 10.8. The van der Waals surface area contributed by atoms with Crippen LogP contribution in [-0.2, 0) is 4.79 Å². The lowest BCUT2D eigenvalue weighted by molar-refractivity contribution is -0.123. The quantitative estimate of drug-likeness (QED) is 0.907. The molecule has 23 heavy (non-hydrogen) atoms. The number of nitrogens with zero attached hydrogens (tertiary/aromatic N) is 1. The van der Waals surface area contributed by atoms with E-state index in [0.29, 0.717) is 17.9 Å². The molecule has 1 N–H and O–H groups in total. The number of aryl methyl sites for hydroxylation is 2. The second kappa shape index (κ2) is 6.89. The SMILES string of the molecule is CC[C@@H](C(=O)N[C@@H](C)c1ccc(F)cc1F)c1c(C)noc1C. The Kier molecular flexibility index (Phi) is 5.13. The molecule has 0 saturated heterocycles. The van der Waals surface area contributed by atoms with E-state index in [-0.39, 0.29) is 11.5 Å². The zero-order valence-corrected chi connectivity index (χ0v) is 13.6. The molecule has 0 unspecified atom stereocenters. The summed E-state index contributed by atoms with van der Waals surface area (Å²) in [6.07, 6.45) is 0.563. The highest BCUT2D eigenvalue weighted by Gasteiger charge is 2.27. The summed E-state index contributed by atoms with van der Waals surface area (Å²) >= 11 is 0. The summed E-state index contributed by atoms with van der Waals surface area (Å²) in [5.41, 5.74) is 1.68. The third-order valence-corrected chi connectivity index (χ3v) is 3.95. The van der Waals surface area contributed by atoms with Gasteiger partial charge in [-0.2, -0.15) is 0 Å². The number of carbonyl (C=O) groups is 1. The molecular formula is C17H20F2N2O2. The van der Waals surface area contributed by atoms with Gasteiger partial charge in [0, 0.05) is 17.2 Å². The van der Waals surface area contributed by atoms with Gasteiger partial charge in [0.25, 0.3) is 0 Å². The summed E-state index contributed by atoms with van der Waals surface area (Å²) in [6.45, 7) is 7.09. The van der Waals surface area contributed by atoms with E-state index in [9.17, 15) is 13.6 Å². The molecule has 1 amide bonds. The maximum absolute atomic E-state index is 13.8. The third-order valence-electron chi connectivity index (χ3n) is 3.95. The van der Waals surface area contributed by atoms with Gasteiger partial charge in [-0.1, -0.05) is 18.1 Å². The third kappa shape index (κ3) is 3.57. The molecule has 124 valence electrons. The summed E-state index contributed by atoms with van der Waals surface area (Å²) < 4.78 is 31.9. The van der Waals surface area contributed by atoms with E-state index in [1.807, 2.05) is 6.92 Å². The van der Waals surface area contributed by atoms with Crippen molar-refractivity contribution in [3.63, 3.8) is 0 Å². The number of rotatable bonds is 5. The van der Waals surface area contributed by atoms with E-state index >= 15 is 0 Å². The van der Waals surface area contributed by atoms with Crippen molar-refractivity contribution in [2.24, 2.45) is 0 Å². The van der Waals surface area contributed by atoms with Crippen molar-refractivity contribution >= 4 is 5.91 Å². The van der Waals surface area contributed by atoms with E-state index in [2.05, 4.69) is 10.5 Å². The molecule has 1 heterocycles. The number of hydrogen-bond acceptors (Lipinski definition) is 3. The first-order valence-corrected chi connectivity index (χ1v) is 7.53. The number of amides is 1. The molecule has 2 aromatic rings. The van der Waals surface area contributed by atoms with Gasteiger partial charge in [0.2, 0.25) is 5.91 Å². The Morgan fingerprint density at radius 2 is 2.04 bits per heavy atom. The molecule has 0 saturated carbocycles. The van der Waals surface area contributed by atoms with Crippen molar-refractivity contribution in [1.82, 2.24) is 10.5 Å². The molecule has 2 rings (SSSR count). The van der Waals surface area contributed by atoms with Gasteiger partial charge >= 0.3 is 0 Å². The van der Waals surface area contributed by atoms with Gasteiger partial charge in [0.05, 0.1) is 17.7 Å². The summed E-state index contributed by atoms with van der Waals surface area (Å²) in [5, 5.41) is 6.65. The van der Waals surface area contributed by atoms with Crippen molar-refractivity contribution in [3.05, 3.63) is 52.4 Å². The normalized spacial score (nSPS) is 13.7. The highest BCUT2D eigenvalue weighted by molar-refractivity contribution is 5.84. The Balaban J connectivity index is 2.19. The zero-order valence-electron chi connectivity index (χ0n) is 13.6. The number of benzene rings is 1. The van der Waals surface area contributed by atoms with E-state index in [1.165, 1.54) is 12.1 Å². The van der Waals surface area contributed by atoms with Crippen LogP contribution in [0.3, 0.4) is 0 Å². The minimum Gasteiger partial charge on any atom is -0.361 e. The first-order valence-electron chi connectivity index (χ1n) is 7.53. The molecule has 4 nitrogen and oxygen atoms in total. The fourth-order valence-electron chi connectivity index (χ4n) is 2.75. The summed E-state index contributed by atoms with van der Waals surface area (Å²) in [5.74, 6) is -1.38. The van der Waals surface area contributed by atoms with Crippen LogP contribution in [0.15, 0.2) is 22.7 Å². The average molecular weight is 322 g/mol. The highest BCUT2D eigenvalue weighted by atomic mass is 19.1. The molecule has 0 aliphatic heterocycles. The van der Waals surface area contributed by atoms with Gasteiger partial charge in [0.15, 0.2) is 0 Å². The summed E-state index contributed by atoms with van der Waals surface area (Å²) in [7, 11) is 0. The molecule has 1 aromatic carbocycles. The monoisotopic (exact) mass is 322 g/mol. The van der Waals surface area contributed by atoms with Gasteiger partial charge in [0.1, 0.15) is 17.4 Å². The lowest BCUT2D eigenvalue weighted by Crippen LogP contribution is -2.32. The maximum atomic E-state index is 13.8. The van der Waals surface area contributed by atoms with Crippen LogP contribution in [0, 0.1) is 25.5 Å². The van der Waals surface area contributed by atoms with Crippen molar-refractivity contribution in [2.45, 2.75) is 46.1 Å². The predicted molar refractivity (Wildman–Crippen MR) is 81.9 cm³/mol. The smallest absolute Gasteiger partial charge is 0.228 e. The molecule has 0 aliphatic carbocycles. The van der Waals surface area contributed by atoms with Crippen molar-refractivity contribution in [2.75, 3.05) is 0 Å². The van der Waals surface area contributed by atoms with Gasteiger partial charge in [-0.3, -0.25) is 4.79 Å². The molecule has 0 radical (unpaired) electrons. The van der Waals surface area contributed by atoms with Crippen molar-refractivity contribution in [1.29, 1.82) is 0 Å². The van der Waals surface area contributed by atoms with Crippen LogP contribution < -0.4 is 5.32 Å². The van der Waals surface area contributed by atoms with Crippen molar-refractivity contribution < 1.29 is 18.1 Å². The maximum Gasteiger partial charge on any atom is 0.228 e. The average Bonchev–Trinajstić information content (AvgIpc) is 2.80. The van der Waals surface area contributed by atoms with Crippen LogP contribution in [0.2, 0.25) is 0 Å². The molecule has 0 bridgehead atoms. The number of hydrogen-bond donors (Lipinski definition) is 1. The molecule has 6 heteroatoms. The second-order valence-corrected chi connectivity index (χ2v) is 5.59. The number of nitrogens with one attached hydrogen (secondary N) is 1. The number of halogens is 2. The molecule has 2 atom stereocenters. The molecule has 0 spiro atoms.